The van der Waals surface area contributed by atoms with E-state index in [4.69, 9.17) is 0 Å². The first-order chi connectivity index (χ1) is 8.81. The molecule has 0 bridgehead atoms. The van der Waals surface area contributed by atoms with Crippen LogP contribution < -0.4 is 5.19 Å². The van der Waals surface area contributed by atoms with Gasteiger partial charge in [-0.1, -0.05) is 81.5 Å². The molecule has 1 aromatic rings. The summed E-state index contributed by atoms with van der Waals surface area (Å²) in [7, 11) is -1.27. The average molecular weight is 293 g/mol. The van der Waals surface area contributed by atoms with Gasteiger partial charge in [-0.25, -0.2) is 0 Å². The molecule has 0 saturated heterocycles. The maximum absolute atomic E-state index is 2.45. The molecule has 0 atom stereocenters. The monoisotopic (exact) mass is 292 g/mol. The normalized spacial score (nSPS) is 13.1. The zero-order valence-electron chi connectivity index (χ0n) is 13.1. The Kier molecular flexibility index (Phi) is 6.41. The lowest BCUT2D eigenvalue weighted by atomic mass is 10.3. The third kappa shape index (κ3) is 7.02. The second-order valence-electron chi connectivity index (χ2n) is 6.67. The fraction of sp³-hybridized carbons (Fsp3) is 0.529. The highest BCUT2D eigenvalue weighted by atomic mass is 32.2. The Bertz CT molecular complexity index is 387. The molecule has 2 heteroatoms. The van der Waals surface area contributed by atoms with E-state index in [2.05, 4.69) is 76.3 Å². The highest BCUT2D eigenvalue weighted by Crippen LogP contribution is 2.23. The average Bonchev–Trinajstić information content (AvgIpc) is 2.33. The standard InChI is InChI=1S/C17H28SSi/c1-17(2,3)18-14-10-7-11-15-19(4,5)16-12-8-6-9-13-16/h6-9,11-13H,10,14-15H2,1-5H3/b11-7+. The Hall–Kier alpha value is -0.473. The first-order valence-electron chi connectivity index (χ1n) is 7.16. The summed E-state index contributed by atoms with van der Waals surface area (Å²) < 4.78 is 0.395. The molecule has 1 aromatic carbocycles. The van der Waals surface area contributed by atoms with Gasteiger partial charge in [0.2, 0.25) is 0 Å². The zero-order valence-corrected chi connectivity index (χ0v) is 14.9. The van der Waals surface area contributed by atoms with Gasteiger partial charge in [0.15, 0.2) is 0 Å². The van der Waals surface area contributed by atoms with E-state index < -0.39 is 8.07 Å². The predicted octanol–water partition coefficient (Wildman–Crippen LogP) is 5.08. The summed E-state index contributed by atoms with van der Waals surface area (Å²) >= 11 is 2.05. The summed E-state index contributed by atoms with van der Waals surface area (Å²) in [6.07, 6.45) is 5.97. The highest BCUT2D eigenvalue weighted by Gasteiger charge is 2.20. The minimum atomic E-state index is -1.27. The number of hydrogen-bond donors (Lipinski definition) is 0. The van der Waals surface area contributed by atoms with Crippen LogP contribution >= 0.6 is 11.8 Å². The molecule has 0 aliphatic heterocycles. The van der Waals surface area contributed by atoms with Crippen LogP contribution in [0.25, 0.3) is 0 Å². The van der Waals surface area contributed by atoms with Gasteiger partial charge in [-0.15, -0.1) is 0 Å². The molecule has 106 valence electrons. The molecule has 0 amide bonds. The minimum Gasteiger partial charge on any atom is -0.156 e. The predicted molar refractivity (Wildman–Crippen MR) is 94.3 cm³/mol. The fourth-order valence-electron chi connectivity index (χ4n) is 1.94. The minimum absolute atomic E-state index is 0.395. The van der Waals surface area contributed by atoms with Gasteiger partial charge in [-0.2, -0.15) is 11.8 Å². The Balaban J connectivity index is 2.35. The van der Waals surface area contributed by atoms with Crippen LogP contribution in [0, 0.1) is 0 Å². The molecule has 0 aliphatic rings. The molecule has 0 fully saturated rings. The van der Waals surface area contributed by atoms with Crippen LogP contribution in [0.4, 0.5) is 0 Å². The third-order valence-corrected chi connectivity index (χ3v) is 7.63. The largest absolute Gasteiger partial charge is 0.156 e. The van der Waals surface area contributed by atoms with Crippen LogP contribution in [0.5, 0.6) is 0 Å². The lowest BCUT2D eigenvalue weighted by molar-refractivity contribution is 0.802. The quantitative estimate of drug-likeness (QED) is 0.400. The topological polar surface area (TPSA) is 0 Å². The molecule has 0 radical (unpaired) electrons. The van der Waals surface area contributed by atoms with Crippen molar-refractivity contribution < 1.29 is 0 Å². The van der Waals surface area contributed by atoms with Crippen molar-refractivity contribution in [3.05, 3.63) is 42.5 Å². The number of allylic oxidation sites excluding steroid dienone is 2. The molecule has 0 nitrogen and oxygen atoms in total. The van der Waals surface area contributed by atoms with Crippen molar-refractivity contribution in [1.82, 2.24) is 0 Å². The molecular formula is C17H28SSi. The SMILES string of the molecule is CC(C)(C)SCC/C=C/C[Si](C)(C)c1ccccc1. The van der Waals surface area contributed by atoms with Gasteiger partial charge >= 0.3 is 0 Å². The summed E-state index contributed by atoms with van der Waals surface area (Å²) in [5.74, 6) is 1.23. The van der Waals surface area contributed by atoms with E-state index in [0.29, 0.717) is 4.75 Å². The van der Waals surface area contributed by atoms with Gasteiger partial charge in [0, 0.05) is 4.75 Å². The van der Waals surface area contributed by atoms with Gasteiger partial charge < -0.3 is 0 Å². The van der Waals surface area contributed by atoms with Gasteiger partial charge in [0.25, 0.3) is 0 Å². The molecule has 0 spiro atoms. The van der Waals surface area contributed by atoms with E-state index in [-0.39, 0.29) is 0 Å². The summed E-state index contributed by atoms with van der Waals surface area (Å²) in [5, 5.41) is 1.56. The van der Waals surface area contributed by atoms with Crippen molar-refractivity contribution in [1.29, 1.82) is 0 Å². The van der Waals surface area contributed by atoms with Crippen LogP contribution in [0.2, 0.25) is 19.1 Å². The molecule has 0 saturated carbocycles. The van der Waals surface area contributed by atoms with E-state index in [1.165, 1.54) is 18.2 Å². The lowest BCUT2D eigenvalue weighted by Crippen LogP contribution is -2.40. The number of hydrogen-bond acceptors (Lipinski definition) is 1. The smallest absolute Gasteiger partial charge is 0.0843 e. The Morgan fingerprint density at radius 2 is 1.68 bits per heavy atom. The van der Waals surface area contributed by atoms with Crippen molar-refractivity contribution in [3.8, 4) is 0 Å². The van der Waals surface area contributed by atoms with Crippen molar-refractivity contribution in [2.45, 2.75) is 51.1 Å². The maximum atomic E-state index is 2.45. The number of thioether (sulfide) groups is 1. The van der Waals surface area contributed by atoms with Gasteiger partial charge in [0.1, 0.15) is 0 Å². The summed E-state index contributed by atoms with van der Waals surface area (Å²) in [5.41, 5.74) is 0. The molecule has 0 unspecified atom stereocenters. The lowest BCUT2D eigenvalue weighted by Gasteiger charge is -2.21. The molecule has 0 N–H and O–H groups in total. The highest BCUT2D eigenvalue weighted by molar-refractivity contribution is 8.00. The molecular weight excluding hydrogens is 264 g/mol. The van der Waals surface area contributed by atoms with Crippen LogP contribution in [0.1, 0.15) is 27.2 Å². The molecule has 1 rings (SSSR count). The van der Waals surface area contributed by atoms with Crippen LogP contribution in [0.15, 0.2) is 42.5 Å². The summed E-state index contributed by atoms with van der Waals surface area (Å²) in [6.45, 7) is 11.8. The van der Waals surface area contributed by atoms with E-state index >= 15 is 0 Å². The van der Waals surface area contributed by atoms with E-state index in [1.807, 2.05) is 11.8 Å². The number of benzene rings is 1. The summed E-state index contributed by atoms with van der Waals surface area (Å²) in [6, 6.07) is 12.2. The second-order valence-corrected chi connectivity index (χ2v) is 13.3. The molecule has 0 aliphatic carbocycles. The van der Waals surface area contributed by atoms with E-state index in [9.17, 15) is 0 Å². The van der Waals surface area contributed by atoms with Crippen LogP contribution in [-0.4, -0.2) is 18.6 Å². The maximum Gasteiger partial charge on any atom is 0.0843 e. The number of rotatable bonds is 6. The first-order valence-corrected chi connectivity index (χ1v) is 11.3. The Morgan fingerprint density at radius 1 is 1.05 bits per heavy atom. The van der Waals surface area contributed by atoms with Gasteiger partial charge in [0.05, 0.1) is 8.07 Å². The summed E-state index contributed by atoms with van der Waals surface area (Å²) in [4.78, 5) is 0. The fourth-order valence-corrected chi connectivity index (χ4v) is 4.89. The third-order valence-electron chi connectivity index (χ3n) is 3.17. The molecule has 0 heterocycles. The molecule has 19 heavy (non-hydrogen) atoms. The van der Waals surface area contributed by atoms with Crippen LogP contribution in [-0.2, 0) is 0 Å². The zero-order chi connectivity index (χ0) is 14.4. The second kappa shape index (κ2) is 7.35. The molecule has 0 aromatic heterocycles. The Morgan fingerprint density at radius 3 is 2.26 bits per heavy atom. The van der Waals surface area contributed by atoms with Crippen LogP contribution in [0.3, 0.4) is 0 Å². The van der Waals surface area contributed by atoms with Crippen molar-refractivity contribution in [2.75, 3.05) is 5.75 Å². The van der Waals surface area contributed by atoms with E-state index in [1.54, 1.807) is 5.19 Å². The van der Waals surface area contributed by atoms with Crippen molar-refractivity contribution in [2.24, 2.45) is 0 Å². The Labute approximate surface area is 124 Å². The van der Waals surface area contributed by atoms with Gasteiger partial charge in [-0.05, 0) is 18.2 Å². The van der Waals surface area contributed by atoms with Crippen molar-refractivity contribution >= 4 is 25.0 Å². The van der Waals surface area contributed by atoms with Gasteiger partial charge in [-0.3, -0.25) is 0 Å². The first kappa shape index (κ1) is 16.6. The van der Waals surface area contributed by atoms with E-state index in [0.717, 1.165) is 0 Å². The van der Waals surface area contributed by atoms with Crippen molar-refractivity contribution in [3.63, 3.8) is 0 Å².